The van der Waals surface area contributed by atoms with Crippen molar-refractivity contribution in [3.63, 3.8) is 0 Å². The number of allylic oxidation sites excluding steroid dienone is 1. The van der Waals surface area contributed by atoms with E-state index in [1.54, 1.807) is 6.92 Å². The van der Waals surface area contributed by atoms with E-state index in [9.17, 15) is 9.90 Å². The zero-order valence-electron chi connectivity index (χ0n) is 17.8. The molecule has 0 unspecified atom stereocenters. The van der Waals surface area contributed by atoms with Crippen molar-refractivity contribution in [2.24, 2.45) is 4.99 Å². The van der Waals surface area contributed by atoms with E-state index >= 15 is 0 Å². The van der Waals surface area contributed by atoms with Gasteiger partial charge in [-0.1, -0.05) is 24.3 Å². The van der Waals surface area contributed by atoms with Crippen molar-refractivity contribution in [1.82, 2.24) is 20.0 Å². The minimum Gasteiger partial charge on any atom is -0.390 e. The molecule has 30 heavy (non-hydrogen) atoms. The van der Waals surface area contributed by atoms with Crippen LogP contribution in [0.5, 0.6) is 0 Å². The first-order valence-corrected chi connectivity index (χ1v) is 11.0. The number of nitrogens with one attached hydrogen (secondary N) is 1. The fourth-order valence-electron chi connectivity index (χ4n) is 4.61. The van der Waals surface area contributed by atoms with Crippen LogP contribution in [-0.2, 0) is 17.8 Å². The van der Waals surface area contributed by atoms with Crippen LogP contribution in [0.1, 0.15) is 30.9 Å². The van der Waals surface area contributed by atoms with Gasteiger partial charge in [0.1, 0.15) is 12.5 Å². The summed E-state index contributed by atoms with van der Waals surface area (Å²) in [5.41, 5.74) is 2.80. The van der Waals surface area contributed by atoms with E-state index in [0.717, 1.165) is 51.3 Å². The minimum atomic E-state index is -0.437. The lowest BCUT2D eigenvalue weighted by Gasteiger charge is -2.37. The summed E-state index contributed by atoms with van der Waals surface area (Å²) >= 11 is 0. The Morgan fingerprint density at radius 3 is 2.73 bits per heavy atom. The molecule has 2 N–H and O–H groups in total. The van der Waals surface area contributed by atoms with Crippen LogP contribution in [0.2, 0.25) is 0 Å². The highest BCUT2D eigenvalue weighted by atomic mass is 16.3. The van der Waals surface area contributed by atoms with E-state index in [4.69, 9.17) is 0 Å². The van der Waals surface area contributed by atoms with Crippen LogP contribution >= 0.6 is 0 Å². The molecule has 0 bridgehead atoms. The number of hydrogen-bond acceptors (Lipinski definition) is 6. The lowest BCUT2D eigenvalue weighted by atomic mass is 10.00. The van der Waals surface area contributed by atoms with Crippen molar-refractivity contribution in [1.29, 1.82) is 0 Å². The zero-order chi connectivity index (χ0) is 20.9. The molecule has 3 aliphatic rings. The summed E-state index contributed by atoms with van der Waals surface area (Å²) in [6.07, 6.45) is 6.31. The highest BCUT2D eigenvalue weighted by Gasteiger charge is 2.25. The van der Waals surface area contributed by atoms with Crippen LogP contribution in [0.3, 0.4) is 0 Å². The molecule has 1 aromatic carbocycles. The van der Waals surface area contributed by atoms with Gasteiger partial charge >= 0.3 is 0 Å². The fourth-order valence-corrected chi connectivity index (χ4v) is 4.61. The highest BCUT2D eigenvalue weighted by molar-refractivity contribution is 5.73. The normalized spacial score (nSPS) is 21.2. The number of rotatable bonds is 6. The molecule has 0 aliphatic carbocycles. The van der Waals surface area contributed by atoms with Gasteiger partial charge in [0.05, 0.1) is 6.10 Å². The maximum Gasteiger partial charge on any atom is 0.219 e. The maximum atomic E-state index is 11.5. The van der Waals surface area contributed by atoms with E-state index in [2.05, 4.69) is 44.4 Å². The molecule has 1 saturated heterocycles. The van der Waals surface area contributed by atoms with E-state index in [1.165, 1.54) is 11.1 Å². The van der Waals surface area contributed by atoms with E-state index in [1.807, 2.05) is 17.2 Å². The van der Waals surface area contributed by atoms with Crippen LogP contribution < -0.4 is 5.32 Å². The molecule has 0 aromatic heterocycles. The summed E-state index contributed by atoms with van der Waals surface area (Å²) in [6, 6.07) is 8.93. The molecule has 0 radical (unpaired) electrons. The molecule has 1 aromatic rings. The predicted molar refractivity (Wildman–Crippen MR) is 118 cm³/mol. The summed E-state index contributed by atoms with van der Waals surface area (Å²) < 4.78 is 0. The second-order valence-corrected chi connectivity index (χ2v) is 8.58. The second kappa shape index (κ2) is 9.62. The lowest BCUT2D eigenvalue weighted by molar-refractivity contribution is -0.129. The smallest absolute Gasteiger partial charge is 0.219 e. The summed E-state index contributed by atoms with van der Waals surface area (Å²) in [5, 5.41) is 14.4. The largest absolute Gasteiger partial charge is 0.390 e. The van der Waals surface area contributed by atoms with Gasteiger partial charge in [-0.05, 0) is 36.5 Å². The van der Waals surface area contributed by atoms with Crippen LogP contribution in [0.25, 0.3) is 0 Å². The molecule has 1 amide bonds. The number of carbonyl (C=O) groups excluding carboxylic acids is 1. The van der Waals surface area contributed by atoms with Gasteiger partial charge in [-0.2, -0.15) is 0 Å². The van der Waals surface area contributed by atoms with Gasteiger partial charge in [0.25, 0.3) is 0 Å². The third-order valence-corrected chi connectivity index (χ3v) is 6.33. The molecule has 1 atom stereocenters. The Morgan fingerprint density at radius 1 is 1.20 bits per heavy atom. The Hall–Kier alpha value is -2.38. The molecule has 3 aliphatic heterocycles. The Morgan fingerprint density at radius 2 is 1.97 bits per heavy atom. The first kappa shape index (κ1) is 20.9. The van der Waals surface area contributed by atoms with Crippen molar-refractivity contribution in [3.8, 4) is 0 Å². The van der Waals surface area contributed by atoms with Crippen molar-refractivity contribution in [3.05, 3.63) is 47.3 Å². The van der Waals surface area contributed by atoms with Gasteiger partial charge in [0, 0.05) is 58.4 Å². The number of benzene rings is 1. The Bertz CT molecular complexity index is 801. The Kier molecular flexibility index (Phi) is 6.69. The van der Waals surface area contributed by atoms with Crippen molar-refractivity contribution in [2.75, 3.05) is 39.4 Å². The first-order valence-electron chi connectivity index (χ1n) is 11.0. The Labute approximate surface area is 179 Å². The number of aliphatic imine (C=N–C) groups is 1. The molecule has 1 fully saturated rings. The van der Waals surface area contributed by atoms with Crippen molar-refractivity contribution < 1.29 is 9.90 Å². The van der Waals surface area contributed by atoms with Crippen LogP contribution in [-0.4, -0.2) is 83.5 Å². The molecule has 7 nitrogen and oxygen atoms in total. The van der Waals surface area contributed by atoms with Gasteiger partial charge in [-0.25, -0.2) is 0 Å². The van der Waals surface area contributed by atoms with E-state index in [0.29, 0.717) is 25.8 Å². The monoisotopic (exact) mass is 411 g/mol. The van der Waals surface area contributed by atoms with E-state index < -0.39 is 6.10 Å². The summed E-state index contributed by atoms with van der Waals surface area (Å²) in [7, 11) is 0. The number of carbonyl (C=O) groups is 1. The number of fused-ring (bicyclic) bond motifs is 1. The van der Waals surface area contributed by atoms with Crippen LogP contribution in [0.15, 0.2) is 41.2 Å². The fraction of sp³-hybridized carbons (Fsp3) is 0.565. The number of piperidine rings is 1. The standard InChI is InChI=1S/C23H33N5O2/c1-18(29)27-12-8-21(9-13-27)25-23-6-10-24-17-28(23)16-22(30)15-26-11-7-19-4-2-3-5-20(19)14-26/h2-6,10,21-22,25,30H,7-9,11-17H2,1H3/t22-/m0/s1. The number of β-amino-alcohol motifs (C(OH)–C–C–N with tert-alkyl or cyclic N) is 1. The van der Waals surface area contributed by atoms with E-state index in [-0.39, 0.29) is 5.91 Å². The number of nitrogens with zero attached hydrogens (tertiary/aromatic N) is 4. The van der Waals surface area contributed by atoms with Crippen LogP contribution in [0.4, 0.5) is 0 Å². The van der Waals surface area contributed by atoms with Crippen LogP contribution in [0, 0.1) is 0 Å². The summed E-state index contributed by atoms with van der Waals surface area (Å²) in [4.78, 5) is 22.3. The second-order valence-electron chi connectivity index (χ2n) is 8.58. The molecular formula is C23H33N5O2. The summed E-state index contributed by atoms with van der Waals surface area (Å²) in [6.45, 7) is 6.91. The summed E-state index contributed by atoms with van der Waals surface area (Å²) in [5.74, 6) is 1.18. The van der Waals surface area contributed by atoms with Gasteiger partial charge in [0.15, 0.2) is 0 Å². The van der Waals surface area contributed by atoms with Gasteiger partial charge in [-0.15, -0.1) is 0 Å². The average molecular weight is 412 g/mol. The van der Waals surface area contributed by atoms with Gasteiger partial charge in [0.2, 0.25) is 5.91 Å². The first-order chi connectivity index (χ1) is 14.6. The number of aliphatic hydroxyl groups excluding tert-OH is 1. The maximum absolute atomic E-state index is 11.5. The third kappa shape index (κ3) is 5.21. The molecule has 0 saturated carbocycles. The van der Waals surface area contributed by atoms with Gasteiger partial charge in [-0.3, -0.25) is 14.7 Å². The average Bonchev–Trinajstić information content (AvgIpc) is 2.75. The molecule has 7 heteroatoms. The molecular weight excluding hydrogens is 378 g/mol. The number of amides is 1. The molecule has 162 valence electrons. The predicted octanol–water partition coefficient (Wildman–Crippen LogP) is 1.19. The van der Waals surface area contributed by atoms with Crippen molar-refractivity contribution in [2.45, 2.75) is 44.9 Å². The quantitative estimate of drug-likeness (QED) is 0.736. The number of likely N-dealkylation sites (tertiary alicyclic amines) is 1. The lowest BCUT2D eigenvalue weighted by Crippen LogP contribution is -2.48. The SMILES string of the molecule is CC(=O)N1CCC(NC2=CC=NCN2C[C@@H](O)CN2CCc3ccccc3C2)CC1. The molecule has 4 rings (SSSR count). The van der Waals surface area contributed by atoms with Crippen molar-refractivity contribution >= 4 is 12.1 Å². The highest BCUT2D eigenvalue weighted by Crippen LogP contribution is 2.19. The zero-order valence-corrected chi connectivity index (χ0v) is 17.8. The number of aliphatic hydroxyl groups is 1. The topological polar surface area (TPSA) is 71.4 Å². The molecule has 3 heterocycles. The Balaban J connectivity index is 1.27. The van der Waals surface area contributed by atoms with Gasteiger partial charge < -0.3 is 20.2 Å². The number of hydrogen-bond donors (Lipinski definition) is 2. The molecule has 0 spiro atoms. The minimum absolute atomic E-state index is 0.155. The third-order valence-electron chi connectivity index (χ3n) is 6.33.